The minimum absolute atomic E-state index is 0. The topological polar surface area (TPSA) is 26.0 Å². The van der Waals surface area contributed by atoms with Gasteiger partial charge in [0, 0.05) is 7.47 Å². The average molecular weight is 113 g/mol. The van der Waals surface area contributed by atoms with Crippen molar-refractivity contribution in [2.45, 2.75) is 31.7 Å². The molecular formula is C7H15N. The summed E-state index contributed by atoms with van der Waals surface area (Å²) in [4.78, 5) is 0. The van der Waals surface area contributed by atoms with Crippen molar-refractivity contribution in [1.82, 2.24) is 0 Å². The van der Waals surface area contributed by atoms with E-state index in [1.54, 1.807) is 0 Å². The zero-order valence-electron chi connectivity index (χ0n) is 5.14. The highest BCUT2D eigenvalue weighted by Crippen LogP contribution is 2.08. The molecule has 0 aromatic carbocycles. The van der Waals surface area contributed by atoms with Gasteiger partial charge in [0.25, 0.3) is 0 Å². The molecule has 8 heavy (non-hydrogen) atoms. The van der Waals surface area contributed by atoms with E-state index in [0.717, 1.165) is 0 Å². The van der Waals surface area contributed by atoms with Gasteiger partial charge in [0.2, 0.25) is 0 Å². The van der Waals surface area contributed by atoms with Gasteiger partial charge in [-0.25, -0.2) is 0 Å². The smallest absolute Gasteiger partial charge is 0.00447 e. The van der Waals surface area contributed by atoms with E-state index in [1.165, 1.54) is 25.7 Å². The van der Waals surface area contributed by atoms with Crippen molar-refractivity contribution < 1.29 is 1.43 Å². The van der Waals surface area contributed by atoms with E-state index in [0.29, 0.717) is 6.04 Å². The molecule has 0 radical (unpaired) electrons. The van der Waals surface area contributed by atoms with Gasteiger partial charge in [0.05, 0.1) is 0 Å². The molecule has 1 aliphatic rings. The minimum atomic E-state index is 0. The van der Waals surface area contributed by atoms with Gasteiger partial charge < -0.3 is 5.73 Å². The van der Waals surface area contributed by atoms with E-state index in [9.17, 15) is 0 Å². The Hall–Kier alpha value is -0.300. The summed E-state index contributed by atoms with van der Waals surface area (Å²) < 4.78 is 0. The van der Waals surface area contributed by atoms with Gasteiger partial charge in [-0.2, -0.15) is 0 Å². The largest absolute Gasteiger partial charge is 0.328 e. The third-order valence-corrected chi connectivity index (χ3v) is 1.57. The van der Waals surface area contributed by atoms with E-state index >= 15 is 0 Å². The fourth-order valence-corrected chi connectivity index (χ4v) is 1.00. The maximum absolute atomic E-state index is 5.69. The summed E-state index contributed by atoms with van der Waals surface area (Å²) in [7, 11) is 0. The molecule has 0 aromatic heterocycles. The third kappa shape index (κ3) is 1.66. The Morgan fingerprint density at radius 3 is 2.25 bits per heavy atom. The first-order valence-corrected chi connectivity index (χ1v) is 3.30. The first-order chi connectivity index (χ1) is 3.89. The predicted molar refractivity (Wildman–Crippen MR) is 37.7 cm³/mol. The van der Waals surface area contributed by atoms with Crippen molar-refractivity contribution in [2.75, 3.05) is 0 Å². The Labute approximate surface area is 52.1 Å². The molecule has 0 fully saturated rings. The maximum atomic E-state index is 5.69. The normalized spacial score (nSPS) is 23.1. The van der Waals surface area contributed by atoms with E-state index in [4.69, 9.17) is 5.73 Å². The van der Waals surface area contributed by atoms with Crippen LogP contribution >= 0.6 is 0 Å². The average Bonchev–Trinajstić information content (AvgIpc) is 1.94. The third-order valence-electron chi connectivity index (χ3n) is 1.57. The van der Waals surface area contributed by atoms with Crippen molar-refractivity contribution >= 4 is 0 Å². The molecule has 0 aliphatic heterocycles. The van der Waals surface area contributed by atoms with Crippen LogP contribution in [0.4, 0.5) is 0 Å². The van der Waals surface area contributed by atoms with Gasteiger partial charge in [0.1, 0.15) is 0 Å². The molecule has 0 atom stereocenters. The molecule has 0 unspecified atom stereocenters. The summed E-state index contributed by atoms with van der Waals surface area (Å²) in [5, 5.41) is 0. The van der Waals surface area contributed by atoms with Crippen LogP contribution in [0.5, 0.6) is 0 Å². The highest BCUT2D eigenvalue weighted by molar-refractivity contribution is 4.87. The second-order valence-corrected chi connectivity index (χ2v) is 2.39. The van der Waals surface area contributed by atoms with Crippen molar-refractivity contribution in [3.63, 3.8) is 0 Å². The molecule has 0 heterocycles. The fraction of sp³-hybridized carbons (Fsp3) is 0.714. The van der Waals surface area contributed by atoms with Crippen LogP contribution < -0.4 is 5.73 Å². The first-order valence-electron chi connectivity index (χ1n) is 3.30. The number of nitrogens with two attached hydrogens (primary N) is 1. The molecule has 0 aromatic rings. The van der Waals surface area contributed by atoms with Crippen LogP contribution in [0.25, 0.3) is 0 Å². The molecule has 1 aliphatic carbocycles. The Kier molecular flexibility index (Phi) is 2.10. The van der Waals surface area contributed by atoms with Crippen LogP contribution in [0.1, 0.15) is 27.1 Å². The van der Waals surface area contributed by atoms with Crippen LogP contribution in [-0.2, 0) is 0 Å². The molecule has 2 N–H and O–H groups in total. The van der Waals surface area contributed by atoms with Crippen molar-refractivity contribution in [1.29, 1.82) is 0 Å². The predicted octanol–water partition coefficient (Wildman–Crippen LogP) is 1.69. The van der Waals surface area contributed by atoms with Crippen LogP contribution in [0.2, 0.25) is 0 Å². The SMILES string of the molecule is NC1CCC=CCC1.[HH]. The first kappa shape index (κ1) is 5.83. The number of allylic oxidation sites excluding steroid dienone is 2. The number of hydrogen-bond donors (Lipinski definition) is 1. The highest BCUT2D eigenvalue weighted by Gasteiger charge is 2.01. The van der Waals surface area contributed by atoms with Gasteiger partial charge in [-0.3, -0.25) is 0 Å². The van der Waals surface area contributed by atoms with Crippen LogP contribution in [-0.4, -0.2) is 6.04 Å². The number of hydrogen-bond acceptors (Lipinski definition) is 1. The monoisotopic (exact) mass is 113 g/mol. The van der Waals surface area contributed by atoms with Gasteiger partial charge in [-0.05, 0) is 25.7 Å². The fourth-order valence-electron chi connectivity index (χ4n) is 1.00. The molecule has 0 amide bonds. The Morgan fingerprint density at radius 1 is 1.25 bits per heavy atom. The Bertz CT molecular complexity index is 80.9. The lowest BCUT2D eigenvalue weighted by atomic mass is 10.1. The molecule has 1 heteroatoms. The summed E-state index contributed by atoms with van der Waals surface area (Å²) in [5.74, 6) is 0. The van der Waals surface area contributed by atoms with E-state index in [1.807, 2.05) is 0 Å². The summed E-state index contributed by atoms with van der Waals surface area (Å²) in [6, 6.07) is 0.463. The van der Waals surface area contributed by atoms with Gasteiger partial charge >= 0.3 is 0 Å². The lowest BCUT2D eigenvalue weighted by Gasteiger charge is -2.03. The quantitative estimate of drug-likeness (QED) is 0.475. The summed E-state index contributed by atoms with van der Waals surface area (Å²) in [5.41, 5.74) is 5.69. The van der Waals surface area contributed by atoms with Crippen molar-refractivity contribution in [3.8, 4) is 0 Å². The molecule has 0 saturated heterocycles. The van der Waals surface area contributed by atoms with Crippen molar-refractivity contribution in [3.05, 3.63) is 12.2 Å². The van der Waals surface area contributed by atoms with Crippen LogP contribution in [0, 0.1) is 0 Å². The molecule has 1 rings (SSSR count). The van der Waals surface area contributed by atoms with E-state index in [2.05, 4.69) is 12.2 Å². The molecular weight excluding hydrogens is 98.1 g/mol. The zero-order chi connectivity index (χ0) is 5.82. The summed E-state index contributed by atoms with van der Waals surface area (Å²) >= 11 is 0. The van der Waals surface area contributed by atoms with Crippen molar-refractivity contribution in [2.24, 2.45) is 5.73 Å². The highest BCUT2D eigenvalue weighted by atomic mass is 14.6. The number of rotatable bonds is 0. The molecule has 0 saturated carbocycles. The standard InChI is InChI=1S/C7H13N.H2/c8-7-5-3-1-2-4-6-7;/h1-2,7H,3-6,8H2;1H. The Balaban J connectivity index is 0.000000640. The van der Waals surface area contributed by atoms with Gasteiger partial charge in [-0.1, -0.05) is 12.2 Å². The zero-order valence-corrected chi connectivity index (χ0v) is 5.14. The molecule has 48 valence electrons. The van der Waals surface area contributed by atoms with E-state index in [-0.39, 0.29) is 1.43 Å². The van der Waals surface area contributed by atoms with Gasteiger partial charge in [-0.15, -0.1) is 0 Å². The second kappa shape index (κ2) is 2.88. The van der Waals surface area contributed by atoms with Gasteiger partial charge in [0.15, 0.2) is 0 Å². The maximum Gasteiger partial charge on any atom is 0.00447 e. The van der Waals surface area contributed by atoms with E-state index < -0.39 is 0 Å². The lowest BCUT2D eigenvalue weighted by Crippen LogP contribution is -2.17. The lowest BCUT2D eigenvalue weighted by molar-refractivity contribution is 0.593. The molecule has 0 bridgehead atoms. The molecule has 1 nitrogen and oxygen atoms in total. The second-order valence-electron chi connectivity index (χ2n) is 2.39. The molecule has 0 spiro atoms. The Morgan fingerprint density at radius 2 is 1.75 bits per heavy atom. The minimum Gasteiger partial charge on any atom is -0.328 e. The summed E-state index contributed by atoms with van der Waals surface area (Å²) in [6.45, 7) is 0. The van der Waals surface area contributed by atoms with Crippen LogP contribution in [0.15, 0.2) is 12.2 Å². The summed E-state index contributed by atoms with van der Waals surface area (Å²) in [6.07, 6.45) is 9.18. The van der Waals surface area contributed by atoms with Crippen LogP contribution in [0.3, 0.4) is 0 Å².